The zero-order chi connectivity index (χ0) is 59.2. The fourth-order valence-corrected chi connectivity index (χ4v) is 13.3. The summed E-state index contributed by atoms with van der Waals surface area (Å²) < 4.78 is 0. The minimum absolute atomic E-state index is 0.893. The number of aryl methyl sites for hydroxylation is 16. The van der Waals surface area contributed by atoms with E-state index in [-0.39, 0.29) is 0 Å². The molecular weight excluding hydrogens is 1030 g/mol. The molecule has 0 amide bonds. The normalized spacial score (nSPS) is 11.6. The highest BCUT2D eigenvalue weighted by Crippen LogP contribution is 2.57. The van der Waals surface area contributed by atoms with Crippen LogP contribution < -0.4 is 19.6 Å². The van der Waals surface area contributed by atoms with Crippen molar-refractivity contribution in [1.29, 1.82) is 0 Å². The summed E-state index contributed by atoms with van der Waals surface area (Å²) >= 11 is 0. The van der Waals surface area contributed by atoms with Crippen LogP contribution in [0.1, 0.15) is 90.1 Å². The van der Waals surface area contributed by atoms with E-state index in [1.54, 1.807) is 0 Å². The maximum atomic E-state index is 5.05. The highest BCUT2D eigenvalue weighted by Gasteiger charge is 2.34. The Hall–Kier alpha value is -9.68. The van der Waals surface area contributed by atoms with Crippen LogP contribution in [0.5, 0.6) is 0 Å². The van der Waals surface area contributed by atoms with Crippen LogP contribution in [0.3, 0.4) is 0 Å². The van der Waals surface area contributed by atoms with Gasteiger partial charge in [-0.15, -0.1) is 0 Å². The third kappa shape index (κ3) is 8.81. The molecule has 0 saturated carbocycles. The summed E-state index contributed by atoms with van der Waals surface area (Å²) in [7, 11) is 0. The van der Waals surface area contributed by atoms with Crippen molar-refractivity contribution >= 4 is 101 Å². The SMILES string of the molecule is Cc1ccnc(C)c1N(c1c(C)ccnc1C)c1cc(N(c2c(C)ccnc2C)c2c(C)ccnc2C)c2ccc3c(N(c4c(C)ccnc4C)c4c(C)ccnc4C)cc(N(c4c(C)ccnc4C)c4c(C)ccnc4C)c4ccc1c2c43. The Morgan fingerprint density at radius 2 is 0.345 bits per heavy atom. The first-order valence-electron chi connectivity index (χ1n) is 28.7. The molecular formula is C72H70N12. The van der Waals surface area contributed by atoms with Crippen molar-refractivity contribution in [3.8, 4) is 0 Å². The molecule has 12 rings (SSSR count). The number of pyridine rings is 8. The number of aromatic nitrogens is 8. The number of hydrogen-bond donors (Lipinski definition) is 0. The largest absolute Gasteiger partial charge is 0.306 e. The Morgan fingerprint density at radius 1 is 0.202 bits per heavy atom. The number of anilines is 12. The second-order valence-corrected chi connectivity index (χ2v) is 22.7. The van der Waals surface area contributed by atoms with Crippen molar-refractivity contribution in [2.75, 3.05) is 19.6 Å². The number of rotatable bonds is 12. The maximum Gasteiger partial charge on any atom is 0.0704 e. The molecule has 0 N–H and O–H groups in total. The van der Waals surface area contributed by atoms with Crippen LogP contribution in [-0.4, -0.2) is 39.9 Å². The fourth-order valence-electron chi connectivity index (χ4n) is 13.3. The van der Waals surface area contributed by atoms with E-state index in [0.717, 1.165) is 191 Å². The average molecular weight is 1100 g/mol. The van der Waals surface area contributed by atoms with Gasteiger partial charge in [-0.25, -0.2) is 0 Å². The zero-order valence-corrected chi connectivity index (χ0v) is 51.1. The quantitative estimate of drug-likeness (QED) is 0.108. The van der Waals surface area contributed by atoms with Crippen LogP contribution in [0.4, 0.5) is 68.2 Å². The van der Waals surface area contributed by atoms with Gasteiger partial charge in [-0.05, 0) is 216 Å². The van der Waals surface area contributed by atoms with Gasteiger partial charge < -0.3 is 19.6 Å². The first-order valence-corrected chi connectivity index (χ1v) is 28.7. The van der Waals surface area contributed by atoms with E-state index in [4.69, 9.17) is 39.9 Å². The lowest BCUT2D eigenvalue weighted by Gasteiger charge is -2.37. The van der Waals surface area contributed by atoms with Crippen LogP contribution >= 0.6 is 0 Å². The minimum Gasteiger partial charge on any atom is -0.306 e. The molecule has 0 aliphatic heterocycles. The summed E-state index contributed by atoms with van der Waals surface area (Å²) in [6.45, 7) is 34.4. The van der Waals surface area contributed by atoms with Crippen LogP contribution in [0.15, 0.2) is 135 Å². The van der Waals surface area contributed by atoms with Gasteiger partial charge in [0.1, 0.15) is 0 Å². The van der Waals surface area contributed by atoms with E-state index >= 15 is 0 Å². The van der Waals surface area contributed by atoms with Crippen molar-refractivity contribution < 1.29 is 0 Å². The highest BCUT2D eigenvalue weighted by atomic mass is 15.2. The summed E-state index contributed by atoms with van der Waals surface area (Å²) in [5.74, 6) is 0. The average Bonchev–Trinajstić information content (AvgIpc) is 1.34. The lowest BCUT2D eigenvalue weighted by Crippen LogP contribution is -2.21. The summed E-state index contributed by atoms with van der Waals surface area (Å²) in [6.07, 6.45) is 15.3. The van der Waals surface area contributed by atoms with E-state index in [2.05, 4.69) is 215 Å². The Morgan fingerprint density at radius 3 is 0.476 bits per heavy atom. The van der Waals surface area contributed by atoms with Gasteiger partial charge in [0.05, 0.1) is 114 Å². The number of benzene rings is 4. The van der Waals surface area contributed by atoms with Crippen molar-refractivity contribution in [1.82, 2.24) is 39.9 Å². The summed E-state index contributed by atoms with van der Waals surface area (Å²) in [4.78, 5) is 50.1. The second kappa shape index (κ2) is 21.3. The Labute approximate surface area is 493 Å². The molecule has 8 aromatic heterocycles. The lowest BCUT2D eigenvalue weighted by atomic mass is 9.88. The Bertz CT molecular complexity index is 3680. The minimum atomic E-state index is 0.893. The topological polar surface area (TPSA) is 116 Å². The molecule has 0 saturated heterocycles. The van der Waals surface area contributed by atoms with Gasteiger partial charge in [0.15, 0.2) is 0 Å². The molecule has 12 nitrogen and oxygen atoms in total. The van der Waals surface area contributed by atoms with Crippen LogP contribution in [0.25, 0.3) is 32.3 Å². The molecule has 0 radical (unpaired) electrons. The van der Waals surface area contributed by atoms with Gasteiger partial charge in [-0.1, -0.05) is 24.3 Å². The number of hydrogen-bond acceptors (Lipinski definition) is 12. The standard InChI is InChI=1S/C72H70N12/c1-39-21-29-73-47(9)65(39)81(66-40(2)22-30-74-48(66)10)59-37-60(82(67-41(3)23-31-75-49(67)11)68-42(4)24-32-76-50(68)12)56-19-20-58-62(84(71-45(7)27-35-79-53(71)15)72-46(8)28-36-80-54(72)16)38-61(57-18-17-55(59)63(56)64(57)58)83(69-43(5)25-33-77-51(69)13)70-44(6)26-34-78-52(70)14/h17-38H,1-16H3. The van der Waals surface area contributed by atoms with E-state index in [9.17, 15) is 0 Å². The molecule has 12 heteroatoms. The molecule has 84 heavy (non-hydrogen) atoms. The number of nitrogens with zero attached hydrogens (tertiary/aromatic N) is 12. The molecule has 0 aliphatic carbocycles. The van der Waals surface area contributed by atoms with Crippen molar-refractivity contribution in [2.24, 2.45) is 0 Å². The zero-order valence-electron chi connectivity index (χ0n) is 51.1. The van der Waals surface area contributed by atoms with Crippen molar-refractivity contribution in [3.05, 3.63) is 225 Å². The first-order chi connectivity index (χ1) is 40.4. The lowest BCUT2D eigenvalue weighted by molar-refractivity contribution is 1.08. The predicted octanol–water partition coefficient (Wildman–Crippen LogP) is 18.6. The highest BCUT2D eigenvalue weighted by molar-refractivity contribution is 6.33. The summed E-state index contributed by atoms with van der Waals surface area (Å²) in [5.41, 5.74) is 27.5. The maximum absolute atomic E-state index is 5.05. The molecule has 0 unspecified atom stereocenters. The third-order valence-corrected chi connectivity index (χ3v) is 17.0. The summed E-state index contributed by atoms with van der Waals surface area (Å²) in [5, 5.41) is 6.33. The third-order valence-electron chi connectivity index (χ3n) is 17.0. The van der Waals surface area contributed by atoms with Gasteiger partial charge in [-0.2, -0.15) is 0 Å². The molecule has 4 aromatic carbocycles. The smallest absolute Gasteiger partial charge is 0.0704 e. The van der Waals surface area contributed by atoms with Crippen molar-refractivity contribution in [3.63, 3.8) is 0 Å². The molecule has 0 fully saturated rings. The predicted molar refractivity (Wildman–Crippen MR) is 347 cm³/mol. The first kappa shape index (κ1) is 54.9. The van der Waals surface area contributed by atoms with E-state index in [1.165, 1.54) is 0 Å². The molecule has 0 atom stereocenters. The van der Waals surface area contributed by atoms with Crippen LogP contribution in [0.2, 0.25) is 0 Å². The monoisotopic (exact) mass is 1100 g/mol. The molecule has 0 aliphatic rings. The molecule has 12 aromatic rings. The molecule has 0 bridgehead atoms. The summed E-state index contributed by atoms with van der Waals surface area (Å²) in [6, 6.07) is 31.1. The van der Waals surface area contributed by atoms with Gasteiger partial charge in [0.2, 0.25) is 0 Å². The van der Waals surface area contributed by atoms with Gasteiger partial charge >= 0.3 is 0 Å². The van der Waals surface area contributed by atoms with Gasteiger partial charge in [0.25, 0.3) is 0 Å². The van der Waals surface area contributed by atoms with Crippen molar-refractivity contribution in [2.45, 2.75) is 111 Å². The van der Waals surface area contributed by atoms with Crippen LogP contribution in [0, 0.1) is 111 Å². The second-order valence-electron chi connectivity index (χ2n) is 22.7. The molecule has 0 spiro atoms. The van der Waals surface area contributed by atoms with Gasteiger partial charge in [0, 0.05) is 81.9 Å². The Balaban J connectivity index is 1.39. The van der Waals surface area contributed by atoms with Crippen LogP contribution in [-0.2, 0) is 0 Å². The van der Waals surface area contributed by atoms with E-state index in [0.29, 0.717) is 0 Å². The van der Waals surface area contributed by atoms with Gasteiger partial charge in [-0.3, -0.25) is 39.9 Å². The molecule has 8 heterocycles. The molecule has 418 valence electrons. The fraction of sp³-hybridized carbons (Fsp3) is 0.222. The van der Waals surface area contributed by atoms with E-state index < -0.39 is 0 Å². The Kier molecular flexibility index (Phi) is 13.9. The van der Waals surface area contributed by atoms with E-state index in [1.807, 2.05) is 49.6 Å².